The van der Waals surface area contributed by atoms with Crippen molar-refractivity contribution in [3.8, 4) is 17.2 Å². The molecule has 1 unspecified atom stereocenters. The van der Waals surface area contributed by atoms with Crippen molar-refractivity contribution in [3.05, 3.63) is 65.5 Å². The highest BCUT2D eigenvalue weighted by atomic mass is 35.5. The first-order chi connectivity index (χ1) is 10.2. The smallest absolute Gasteiger partial charge is 0.257 e. The van der Waals surface area contributed by atoms with Crippen molar-refractivity contribution in [1.82, 2.24) is 10.2 Å². The van der Waals surface area contributed by atoms with Crippen LogP contribution in [-0.2, 0) is 0 Å². The molecule has 0 aliphatic heterocycles. The lowest BCUT2D eigenvalue weighted by molar-refractivity contribution is 0.189. The van der Waals surface area contributed by atoms with Gasteiger partial charge in [0.05, 0.1) is 10.6 Å². The van der Waals surface area contributed by atoms with Gasteiger partial charge in [-0.3, -0.25) is 0 Å². The Labute approximate surface area is 127 Å². The number of rotatable bonds is 4. The number of hydrogen-bond acceptors (Lipinski definition) is 4. The van der Waals surface area contributed by atoms with Crippen LogP contribution in [-0.4, -0.2) is 10.2 Å². The third-order valence-corrected chi connectivity index (χ3v) is 3.28. The van der Waals surface area contributed by atoms with E-state index in [-0.39, 0.29) is 6.10 Å². The molecule has 3 rings (SSSR count). The normalized spacial score (nSPS) is 12.1. The van der Waals surface area contributed by atoms with Gasteiger partial charge in [0, 0.05) is 0 Å². The first kappa shape index (κ1) is 13.6. The molecule has 0 saturated carbocycles. The van der Waals surface area contributed by atoms with Crippen LogP contribution in [0.3, 0.4) is 0 Å². The molecule has 21 heavy (non-hydrogen) atoms. The predicted molar refractivity (Wildman–Crippen MR) is 80.2 cm³/mol. The van der Waals surface area contributed by atoms with Crippen LogP contribution in [0.2, 0.25) is 5.02 Å². The van der Waals surface area contributed by atoms with Crippen molar-refractivity contribution >= 4 is 11.6 Å². The summed E-state index contributed by atoms with van der Waals surface area (Å²) in [6.07, 6.45) is -0.337. The summed E-state index contributed by atoms with van der Waals surface area (Å²) in [5.74, 6) is 1.55. The second-order valence-electron chi connectivity index (χ2n) is 4.50. The molecule has 0 spiro atoms. The second-order valence-corrected chi connectivity index (χ2v) is 4.91. The van der Waals surface area contributed by atoms with Crippen LogP contribution in [0.1, 0.15) is 18.9 Å². The van der Waals surface area contributed by atoms with Crippen LogP contribution >= 0.6 is 11.6 Å². The average molecular weight is 301 g/mol. The summed E-state index contributed by atoms with van der Waals surface area (Å²) in [7, 11) is 0. The largest absolute Gasteiger partial charge is 0.481 e. The Kier molecular flexibility index (Phi) is 3.88. The lowest BCUT2D eigenvalue weighted by Gasteiger charge is -2.10. The molecule has 1 atom stereocenters. The van der Waals surface area contributed by atoms with Crippen molar-refractivity contribution in [2.75, 3.05) is 0 Å². The minimum Gasteiger partial charge on any atom is -0.481 e. The van der Waals surface area contributed by atoms with Gasteiger partial charge in [-0.25, -0.2) is 0 Å². The van der Waals surface area contributed by atoms with Crippen molar-refractivity contribution in [3.63, 3.8) is 0 Å². The van der Waals surface area contributed by atoms with E-state index in [1.807, 2.05) is 55.5 Å². The molecular weight excluding hydrogens is 288 g/mol. The fourth-order valence-corrected chi connectivity index (χ4v) is 2.11. The number of aromatic nitrogens is 2. The van der Waals surface area contributed by atoms with E-state index in [9.17, 15) is 0 Å². The molecule has 106 valence electrons. The molecule has 0 aliphatic rings. The minimum atomic E-state index is -0.337. The number of hydrogen-bond donors (Lipinski definition) is 0. The summed E-state index contributed by atoms with van der Waals surface area (Å²) >= 11 is 6.12. The van der Waals surface area contributed by atoms with Crippen molar-refractivity contribution < 1.29 is 9.15 Å². The molecule has 0 fully saturated rings. The van der Waals surface area contributed by atoms with E-state index >= 15 is 0 Å². The molecule has 5 heteroatoms. The van der Waals surface area contributed by atoms with E-state index in [4.69, 9.17) is 20.8 Å². The quantitative estimate of drug-likeness (QED) is 0.710. The zero-order valence-electron chi connectivity index (χ0n) is 11.4. The van der Waals surface area contributed by atoms with E-state index in [1.165, 1.54) is 0 Å². The molecule has 0 saturated heterocycles. The lowest BCUT2D eigenvalue weighted by Crippen LogP contribution is -2.03. The molecule has 0 bridgehead atoms. The Morgan fingerprint density at radius 3 is 2.48 bits per heavy atom. The van der Waals surface area contributed by atoms with Crippen LogP contribution in [0.25, 0.3) is 11.5 Å². The molecule has 0 N–H and O–H groups in total. The van der Waals surface area contributed by atoms with Gasteiger partial charge in [0.25, 0.3) is 5.89 Å². The maximum absolute atomic E-state index is 6.12. The molecule has 0 amide bonds. The van der Waals surface area contributed by atoms with Gasteiger partial charge in [-0.1, -0.05) is 41.9 Å². The highest BCUT2D eigenvalue weighted by Crippen LogP contribution is 2.28. The molecule has 0 radical (unpaired) electrons. The molecule has 4 nitrogen and oxygen atoms in total. The number of nitrogens with zero attached hydrogens (tertiary/aromatic N) is 2. The van der Waals surface area contributed by atoms with E-state index in [0.717, 1.165) is 5.75 Å². The SMILES string of the molecule is CC(Oc1ccccc1)c1nnc(-c2ccccc2Cl)o1. The molecular formula is C16H13ClN2O2. The monoisotopic (exact) mass is 300 g/mol. The van der Waals surface area contributed by atoms with Crippen LogP contribution < -0.4 is 4.74 Å². The van der Waals surface area contributed by atoms with Crippen molar-refractivity contribution in [2.24, 2.45) is 0 Å². The summed E-state index contributed by atoms with van der Waals surface area (Å²) in [6, 6.07) is 16.8. The fourth-order valence-electron chi connectivity index (χ4n) is 1.90. The molecule has 0 aliphatic carbocycles. The van der Waals surface area contributed by atoms with Crippen molar-refractivity contribution in [1.29, 1.82) is 0 Å². The molecule has 2 aromatic carbocycles. The van der Waals surface area contributed by atoms with Gasteiger partial charge in [0.15, 0.2) is 6.10 Å². The summed E-state index contributed by atoms with van der Waals surface area (Å²) < 4.78 is 11.4. The number of halogens is 1. The summed E-state index contributed by atoms with van der Waals surface area (Å²) in [6.45, 7) is 1.86. The van der Waals surface area contributed by atoms with Crippen molar-refractivity contribution in [2.45, 2.75) is 13.0 Å². The van der Waals surface area contributed by atoms with Gasteiger partial charge in [0.2, 0.25) is 5.89 Å². The fraction of sp³-hybridized carbons (Fsp3) is 0.125. The maximum atomic E-state index is 6.12. The third-order valence-electron chi connectivity index (χ3n) is 2.95. The van der Waals surface area contributed by atoms with Gasteiger partial charge in [-0.15, -0.1) is 10.2 Å². The highest BCUT2D eigenvalue weighted by molar-refractivity contribution is 6.33. The van der Waals surface area contributed by atoms with Gasteiger partial charge in [0.1, 0.15) is 5.75 Å². The molecule has 1 heterocycles. The Morgan fingerprint density at radius 1 is 1.00 bits per heavy atom. The summed E-state index contributed by atoms with van der Waals surface area (Å²) in [5, 5.41) is 8.63. The van der Waals surface area contributed by atoms with E-state index in [0.29, 0.717) is 22.4 Å². The zero-order chi connectivity index (χ0) is 14.7. The Balaban J connectivity index is 1.80. The third kappa shape index (κ3) is 3.06. The van der Waals surface area contributed by atoms with Gasteiger partial charge < -0.3 is 9.15 Å². The number of ether oxygens (including phenoxy) is 1. The summed E-state index contributed by atoms with van der Waals surface area (Å²) in [5.41, 5.74) is 0.713. The Morgan fingerprint density at radius 2 is 1.71 bits per heavy atom. The second kappa shape index (κ2) is 5.97. The van der Waals surface area contributed by atoms with Crippen LogP contribution in [0, 0.1) is 0 Å². The van der Waals surface area contributed by atoms with Crippen LogP contribution in [0.5, 0.6) is 5.75 Å². The van der Waals surface area contributed by atoms with Crippen LogP contribution in [0.15, 0.2) is 59.0 Å². The number of benzene rings is 2. The predicted octanol–water partition coefficient (Wildman–Crippen LogP) is 4.53. The van der Waals surface area contributed by atoms with Gasteiger partial charge in [-0.05, 0) is 31.2 Å². The standard InChI is InChI=1S/C16H13ClN2O2/c1-11(20-12-7-3-2-4-8-12)15-18-19-16(21-15)13-9-5-6-10-14(13)17/h2-11H,1H3. The first-order valence-corrected chi connectivity index (χ1v) is 6.92. The summed E-state index contributed by atoms with van der Waals surface area (Å²) in [4.78, 5) is 0. The zero-order valence-corrected chi connectivity index (χ0v) is 12.1. The first-order valence-electron chi connectivity index (χ1n) is 6.54. The molecule has 3 aromatic rings. The van der Waals surface area contributed by atoms with E-state index < -0.39 is 0 Å². The topological polar surface area (TPSA) is 48.2 Å². The highest BCUT2D eigenvalue weighted by Gasteiger charge is 2.17. The van der Waals surface area contributed by atoms with E-state index in [2.05, 4.69) is 10.2 Å². The average Bonchev–Trinajstić information content (AvgIpc) is 2.98. The van der Waals surface area contributed by atoms with Gasteiger partial charge >= 0.3 is 0 Å². The Bertz CT molecular complexity index is 728. The van der Waals surface area contributed by atoms with Gasteiger partial charge in [-0.2, -0.15) is 0 Å². The van der Waals surface area contributed by atoms with E-state index in [1.54, 1.807) is 6.07 Å². The lowest BCUT2D eigenvalue weighted by atomic mass is 10.2. The molecule has 1 aromatic heterocycles. The van der Waals surface area contributed by atoms with Crippen LogP contribution in [0.4, 0.5) is 0 Å². The minimum absolute atomic E-state index is 0.337. The number of para-hydroxylation sites is 1. The Hall–Kier alpha value is -2.33. The maximum Gasteiger partial charge on any atom is 0.257 e.